The second-order valence-corrected chi connectivity index (χ2v) is 10.8. The van der Waals surface area contributed by atoms with Crippen molar-refractivity contribution in [2.24, 2.45) is 0 Å². The Morgan fingerprint density at radius 1 is 1.18 bits per heavy atom. The van der Waals surface area contributed by atoms with Crippen molar-refractivity contribution in [2.45, 2.75) is 81.8 Å². The predicted octanol–water partition coefficient (Wildman–Crippen LogP) is 4.30. The summed E-state index contributed by atoms with van der Waals surface area (Å²) in [7, 11) is -2.64. The molecule has 4 aliphatic rings. The number of amides is 1. The molecule has 11 heteroatoms. The first-order chi connectivity index (χ1) is 18.9. The van der Waals surface area contributed by atoms with Crippen molar-refractivity contribution < 1.29 is 26.8 Å². The molecule has 1 aromatic carbocycles. The lowest BCUT2D eigenvalue weighted by molar-refractivity contribution is -0.146. The molecule has 38 heavy (non-hydrogen) atoms. The van der Waals surface area contributed by atoms with Gasteiger partial charge >= 0.3 is 6.18 Å². The summed E-state index contributed by atoms with van der Waals surface area (Å²) in [4.78, 5) is 18.0. The van der Waals surface area contributed by atoms with Crippen molar-refractivity contribution in [3.63, 3.8) is 0 Å². The van der Waals surface area contributed by atoms with Gasteiger partial charge in [0.2, 0.25) is 5.91 Å². The zero-order valence-electron chi connectivity index (χ0n) is 24.2. The number of piperazine rings is 1. The number of rotatable bonds is 6. The van der Waals surface area contributed by atoms with Gasteiger partial charge in [-0.3, -0.25) is 14.4 Å². The number of methoxy groups -OCH3 is 1. The Kier molecular flexibility index (Phi) is 6.42. The number of fused-ring (bicyclic) bond motifs is 2. The minimum absolute atomic E-state index is 0. The van der Waals surface area contributed by atoms with Crippen LogP contribution in [0.2, 0.25) is 0 Å². The van der Waals surface area contributed by atoms with Gasteiger partial charge in [0.1, 0.15) is 18.0 Å². The molecule has 0 radical (unpaired) electrons. The van der Waals surface area contributed by atoms with Crippen LogP contribution in [0.3, 0.4) is 0 Å². The van der Waals surface area contributed by atoms with Crippen molar-refractivity contribution in [3.05, 3.63) is 46.8 Å². The molecule has 2 bridgehead atoms. The lowest BCUT2D eigenvalue weighted by Gasteiger charge is -2.43. The van der Waals surface area contributed by atoms with E-state index in [1.54, 1.807) is 24.0 Å². The van der Waals surface area contributed by atoms with Crippen LogP contribution in [0.4, 0.5) is 13.2 Å². The summed E-state index contributed by atoms with van der Waals surface area (Å²) >= 11 is 0. The molecule has 2 unspecified atom stereocenters. The zero-order valence-corrected chi connectivity index (χ0v) is 22.0. The summed E-state index contributed by atoms with van der Waals surface area (Å²) in [5, 5.41) is 7.69. The Labute approximate surface area is 231 Å². The van der Waals surface area contributed by atoms with Crippen LogP contribution in [0, 0.1) is 6.92 Å². The van der Waals surface area contributed by atoms with Crippen LogP contribution in [0.1, 0.15) is 70.7 Å². The Morgan fingerprint density at radius 3 is 2.58 bits per heavy atom. The third-order valence-corrected chi connectivity index (χ3v) is 8.63. The summed E-state index contributed by atoms with van der Waals surface area (Å²) in [5.41, 5.74) is 0.853. The number of ether oxygens (including phenoxy) is 1. The molecule has 1 N–H and O–H groups in total. The standard InChI is InChI=1S/C27H34F3N5O2.ClH/c1-16-20(4-3-5-23(16)37-2)26-22(35-18-8-9-19(35)14-31-13-18)10-11-33(26)25(36)15-34-24(27(28,29)30)12-21(32-34)17-6-7-17;/h3-5,12,17-19,22,26,31H,6-11,13-15H2,1-2H3;1H/t18?,19?,22-,26-;/m0./s1/i2D3;. The molecule has 208 valence electrons. The molecule has 4 fully saturated rings. The molecule has 1 amide bonds. The van der Waals surface area contributed by atoms with E-state index < -0.39 is 37.4 Å². The maximum Gasteiger partial charge on any atom is 0.433 e. The number of halogens is 4. The number of alkyl halides is 3. The Bertz CT molecular complexity index is 1270. The average molecular weight is 557 g/mol. The number of carbonyl (C=O) groups excluding carboxylic acids is 1. The van der Waals surface area contributed by atoms with E-state index in [-0.39, 0.29) is 30.1 Å². The molecule has 1 aliphatic carbocycles. The number of benzene rings is 1. The molecule has 6 rings (SSSR count). The third kappa shape index (κ3) is 4.79. The van der Waals surface area contributed by atoms with Crippen molar-refractivity contribution >= 4 is 18.3 Å². The largest absolute Gasteiger partial charge is 0.496 e. The van der Waals surface area contributed by atoms with Gasteiger partial charge in [0, 0.05) is 43.7 Å². The zero-order chi connectivity index (χ0) is 28.4. The first-order valence-electron chi connectivity index (χ1n) is 14.6. The number of nitrogens with zero attached hydrogens (tertiary/aromatic N) is 4. The SMILES string of the molecule is Cl.[2H]C([2H])([2H])Oc1cccc([C@H]2[C@@H](N3C4CCC3CNC4)CCN2C(=O)Cn2nc(C3CC3)cc2C(F)(F)F)c1C. The minimum atomic E-state index is -4.62. The van der Waals surface area contributed by atoms with Gasteiger partial charge in [-0.25, -0.2) is 0 Å². The second-order valence-electron chi connectivity index (χ2n) is 10.8. The van der Waals surface area contributed by atoms with Gasteiger partial charge in [-0.05, 0) is 62.3 Å². The molecule has 4 heterocycles. The number of hydrogen-bond donors (Lipinski definition) is 1. The van der Waals surface area contributed by atoms with E-state index in [9.17, 15) is 18.0 Å². The van der Waals surface area contributed by atoms with E-state index in [1.165, 1.54) is 0 Å². The van der Waals surface area contributed by atoms with Gasteiger partial charge in [0.05, 0.1) is 22.9 Å². The van der Waals surface area contributed by atoms with Gasteiger partial charge in [0.25, 0.3) is 0 Å². The normalized spacial score (nSPS) is 28.9. The van der Waals surface area contributed by atoms with Crippen LogP contribution in [-0.2, 0) is 17.5 Å². The van der Waals surface area contributed by atoms with Crippen LogP contribution < -0.4 is 10.1 Å². The highest BCUT2D eigenvalue weighted by molar-refractivity contribution is 5.85. The van der Waals surface area contributed by atoms with E-state index in [0.717, 1.165) is 55.1 Å². The lowest BCUT2D eigenvalue weighted by Crippen LogP contribution is -2.57. The predicted molar refractivity (Wildman–Crippen MR) is 139 cm³/mol. The van der Waals surface area contributed by atoms with Crippen molar-refractivity contribution in [1.29, 1.82) is 0 Å². The van der Waals surface area contributed by atoms with Crippen LogP contribution in [-0.4, -0.2) is 70.3 Å². The van der Waals surface area contributed by atoms with Gasteiger partial charge in [-0.15, -0.1) is 12.4 Å². The highest BCUT2D eigenvalue weighted by Crippen LogP contribution is 2.44. The van der Waals surface area contributed by atoms with Crippen LogP contribution in [0.25, 0.3) is 0 Å². The Hall–Kier alpha value is -2.30. The summed E-state index contributed by atoms with van der Waals surface area (Å²) in [6.07, 6.45) is -0.251. The van der Waals surface area contributed by atoms with Crippen molar-refractivity contribution in [3.8, 4) is 5.75 Å². The molecule has 7 nitrogen and oxygen atoms in total. The fourth-order valence-electron chi connectivity index (χ4n) is 6.74. The van der Waals surface area contributed by atoms with Gasteiger partial charge in [-0.1, -0.05) is 12.1 Å². The van der Waals surface area contributed by atoms with Crippen LogP contribution in [0.15, 0.2) is 24.3 Å². The first kappa shape index (κ1) is 23.6. The highest BCUT2D eigenvalue weighted by atomic mass is 35.5. The molecular formula is C27H35ClF3N5O2. The summed E-state index contributed by atoms with van der Waals surface area (Å²) < 4.78 is 70.5. The van der Waals surface area contributed by atoms with E-state index in [4.69, 9.17) is 8.85 Å². The third-order valence-electron chi connectivity index (χ3n) is 8.63. The van der Waals surface area contributed by atoms with E-state index in [2.05, 4.69) is 15.3 Å². The number of carbonyl (C=O) groups is 1. The molecule has 3 saturated heterocycles. The molecular weight excluding hydrogens is 519 g/mol. The van der Waals surface area contributed by atoms with Crippen molar-refractivity contribution in [1.82, 2.24) is 24.9 Å². The molecule has 1 saturated carbocycles. The Balaban J connectivity index is 0.00000337. The monoisotopic (exact) mass is 556 g/mol. The fourth-order valence-corrected chi connectivity index (χ4v) is 6.74. The lowest BCUT2D eigenvalue weighted by atomic mass is 9.92. The van der Waals surface area contributed by atoms with Gasteiger partial charge < -0.3 is 15.0 Å². The smallest absolute Gasteiger partial charge is 0.433 e. The molecule has 1 aromatic heterocycles. The summed E-state index contributed by atoms with van der Waals surface area (Å²) in [6.45, 7) is 3.35. The van der Waals surface area contributed by atoms with Crippen molar-refractivity contribution in [2.75, 3.05) is 26.7 Å². The second kappa shape index (κ2) is 10.4. The molecule has 2 aromatic rings. The summed E-state index contributed by atoms with van der Waals surface area (Å²) in [6, 6.07) is 6.37. The van der Waals surface area contributed by atoms with E-state index in [0.29, 0.717) is 36.3 Å². The maximum absolute atomic E-state index is 13.9. The molecule has 4 atom stereocenters. The molecule has 3 aliphatic heterocycles. The maximum atomic E-state index is 13.9. The molecule has 0 spiro atoms. The minimum Gasteiger partial charge on any atom is -0.496 e. The average Bonchev–Trinajstić information content (AvgIpc) is 3.40. The highest BCUT2D eigenvalue weighted by Gasteiger charge is 2.49. The fraction of sp³-hybridized carbons (Fsp3) is 0.630. The van der Waals surface area contributed by atoms with Gasteiger partial charge in [-0.2, -0.15) is 18.3 Å². The van der Waals surface area contributed by atoms with Gasteiger partial charge in [0.15, 0.2) is 0 Å². The topological polar surface area (TPSA) is 62.6 Å². The quantitative estimate of drug-likeness (QED) is 0.575. The van der Waals surface area contributed by atoms with Crippen LogP contribution in [0.5, 0.6) is 5.75 Å². The number of aromatic nitrogens is 2. The number of likely N-dealkylation sites (tertiary alicyclic amines) is 1. The number of hydrogen-bond acceptors (Lipinski definition) is 5. The Morgan fingerprint density at radius 2 is 1.92 bits per heavy atom. The van der Waals surface area contributed by atoms with Crippen LogP contribution >= 0.6 is 12.4 Å². The van der Waals surface area contributed by atoms with E-state index >= 15 is 0 Å². The van der Waals surface area contributed by atoms with E-state index in [1.807, 2.05) is 6.07 Å². The number of nitrogens with one attached hydrogen (secondary N) is 1. The summed E-state index contributed by atoms with van der Waals surface area (Å²) in [5.74, 6) is -0.208. The first-order valence-corrected chi connectivity index (χ1v) is 13.1.